The summed E-state index contributed by atoms with van der Waals surface area (Å²) in [5, 5.41) is 10.9. The fourth-order valence-electron chi connectivity index (χ4n) is 1.57. The van der Waals surface area contributed by atoms with Crippen LogP contribution in [0.4, 0.5) is 0 Å². The van der Waals surface area contributed by atoms with Crippen LogP contribution in [-0.4, -0.2) is 21.4 Å². The molecule has 0 atom stereocenters. The van der Waals surface area contributed by atoms with E-state index >= 15 is 0 Å². The van der Waals surface area contributed by atoms with Crippen LogP contribution in [0.2, 0.25) is 0 Å². The van der Waals surface area contributed by atoms with Crippen molar-refractivity contribution in [3.8, 4) is 0 Å². The molecule has 2 rings (SSSR count). The lowest BCUT2D eigenvalue weighted by atomic mass is 10.1. The quantitative estimate of drug-likeness (QED) is 0.739. The molecule has 1 aromatic heterocycles. The van der Waals surface area contributed by atoms with E-state index in [1.54, 1.807) is 19.1 Å². The third-order valence-corrected chi connectivity index (χ3v) is 2.42. The summed E-state index contributed by atoms with van der Waals surface area (Å²) in [5.74, 6) is -1.30. The number of carbonyl (C=O) groups excluding carboxylic acids is 2. The number of carboxylic acid groups (broad SMARTS) is 1. The largest absolute Gasteiger partial charge is 0.545 e. The standard InChI is InChI=1S/C12H10N2O3/c1-8-13-6-7-14(8)11(15)9-4-2-3-5-10(9)12(16)17/h2-7H,1H3,(H,16,17)/p-1. The third kappa shape index (κ3) is 1.94. The molecule has 5 nitrogen and oxygen atoms in total. The predicted octanol–water partition coefficient (Wildman–Crippen LogP) is 0.244. The van der Waals surface area contributed by atoms with E-state index in [-0.39, 0.29) is 11.1 Å². The van der Waals surface area contributed by atoms with Gasteiger partial charge < -0.3 is 9.90 Å². The SMILES string of the molecule is Cc1nccn1C(=O)c1ccccc1C(=O)[O-]. The number of aromatic carboxylic acids is 1. The van der Waals surface area contributed by atoms with Crippen LogP contribution in [0.1, 0.15) is 26.5 Å². The second-order valence-corrected chi connectivity index (χ2v) is 3.48. The molecule has 2 aromatic rings. The topological polar surface area (TPSA) is 75.0 Å². The minimum absolute atomic E-state index is 0.0913. The Morgan fingerprint density at radius 2 is 1.88 bits per heavy atom. The molecule has 0 radical (unpaired) electrons. The molecule has 0 N–H and O–H groups in total. The Hall–Kier alpha value is -2.43. The molecule has 0 bridgehead atoms. The third-order valence-electron chi connectivity index (χ3n) is 2.42. The zero-order valence-corrected chi connectivity index (χ0v) is 9.08. The number of hydrogen-bond donors (Lipinski definition) is 0. The molecule has 0 spiro atoms. The van der Waals surface area contributed by atoms with Crippen LogP contribution in [0.3, 0.4) is 0 Å². The first-order chi connectivity index (χ1) is 8.11. The van der Waals surface area contributed by atoms with Gasteiger partial charge >= 0.3 is 0 Å². The van der Waals surface area contributed by atoms with E-state index in [0.29, 0.717) is 5.82 Å². The average molecular weight is 229 g/mol. The van der Waals surface area contributed by atoms with Gasteiger partial charge in [0.05, 0.1) is 5.97 Å². The molecule has 0 saturated carbocycles. The molecular formula is C12H9N2O3-. The lowest BCUT2D eigenvalue weighted by molar-refractivity contribution is -0.255. The summed E-state index contributed by atoms with van der Waals surface area (Å²) >= 11 is 0. The first-order valence-corrected chi connectivity index (χ1v) is 4.96. The molecule has 1 aromatic carbocycles. The molecule has 0 amide bonds. The zero-order chi connectivity index (χ0) is 12.4. The molecule has 17 heavy (non-hydrogen) atoms. The smallest absolute Gasteiger partial charge is 0.263 e. The van der Waals surface area contributed by atoms with Crippen molar-refractivity contribution in [1.29, 1.82) is 0 Å². The van der Waals surface area contributed by atoms with Gasteiger partial charge in [-0.3, -0.25) is 9.36 Å². The number of nitrogens with zero attached hydrogens (tertiary/aromatic N) is 2. The summed E-state index contributed by atoms with van der Waals surface area (Å²) in [4.78, 5) is 26.9. The van der Waals surface area contributed by atoms with Gasteiger partial charge in [-0.15, -0.1) is 0 Å². The minimum Gasteiger partial charge on any atom is -0.545 e. The lowest BCUT2D eigenvalue weighted by Gasteiger charge is -2.10. The number of aryl methyl sites for hydroxylation is 1. The van der Waals surface area contributed by atoms with Gasteiger partial charge in [-0.2, -0.15) is 0 Å². The van der Waals surface area contributed by atoms with Gasteiger partial charge in [-0.1, -0.05) is 18.2 Å². The predicted molar refractivity (Wildman–Crippen MR) is 57.5 cm³/mol. The molecular weight excluding hydrogens is 220 g/mol. The Kier molecular flexibility index (Phi) is 2.74. The maximum absolute atomic E-state index is 12.1. The van der Waals surface area contributed by atoms with Gasteiger partial charge in [-0.05, 0) is 13.0 Å². The van der Waals surface area contributed by atoms with E-state index in [0.717, 1.165) is 0 Å². The number of rotatable bonds is 2. The summed E-state index contributed by atoms with van der Waals surface area (Å²) in [6.07, 6.45) is 2.97. The fraction of sp³-hybridized carbons (Fsp3) is 0.0833. The molecule has 0 aliphatic rings. The van der Waals surface area contributed by atoms with Gasteiger partial charge in [0.15, 0.2) is 0 Å². The van der Waals surface area contributed by atoms with Crippen LogP contribution in [0.5, 0.6) is 0 Å². The highest BCUT2D eigenvalue weighted by Crippen LogP contribution is 2.11. The van der Waals surface area contributed by atoms with Crippen molar-refractivity contribution in [3.63, 3.8) is 0 Å². The van der Waals surface area contributed by atoms with Crippen LogP contribution < -0.4 is 5.11 Å². The van der Waals surface area contributed by atoms with Gasteiger partial charge in [-0.25, -0.2) is 4.98 Å². The van der Waals surface area contributed by atoms with Gasteiger partial charge in [0.1, 0.15) is 5.82 Å². The highest BCUT2D eigenvalue weighted by molar-refractivity contribution is 6.05. The molecule has 0 fully saturated rings. The highest BCUT2D eigenvalue weighted by Gasteiger charge is 2.14. The van der Waals surface area contributed by atoms with Crippen LogP contribution >= 0.6 is 0 Å². The second-order valence-electron chi connectivity index (χ2n) is 3.48. The maximum atomic E-state index is 12.1. The van der Waals surface area contributed by atoms with Crippen LogP contribution in [0.25, 0.3) is 0 Å². The molecule has 5 heteroatoms. The number of carbonyl (C=O) groups is 2. The van der Waals surface area contributed by atoms with Gasteiger partial charge in [0, 0.05) is 23.5 Å². The molecule has 0 saturated heterocycles. The van der Waals surface area contributed by atoms with E-state index in [1.807, 2.05) is 0 Å². The summed E-state index contributed by atoms with van der Waals surface area (Å²) in [6.45, 7) is 1.67. The van der Waals surface area contributed by atoms with E-state index in [1.165, 1.54) is 29.1 Å². The Balaban J connectivity index is 2.52. The second kappa shape index (κ2) is 4.21. The lowest BCUT2D eigenvalue weighted by Crippen LogP contribution is -2.26. The monoisotopic (exact) mass is 229 g/mol. The Labute approximate surface area is 97.3 Å². The van der Waals surface area contributed by atoms with Crippen molar-refractivity contribution >= 4 is 11.9 Å². The van der Waals surface area contributed by atoms with Crippen molar-refractivity contribution in [2.75, 3.05) is 0 Å². The summed E-state index contributed by atoms with van der Waals surface area (Å²) < 4.78 is 1.29. The molecule has 0 unspecified atom stereocenters. The maximum Gasteiger partial charge on any atom is 0.263 e. The number of benzene rings is 1. The first kappa shape index (κ1) is 11.1. The van der Waals surface area contributed by atoms with Crippen molar-refractivity contribution in [2.24, 2.45) is 0 Å². The van der Waals surface area contributed by atoms with Crippen LogP contribution in [0.15, 0.2) is 36.7 Å². The summed E-state index contributed by atoms with van der Waals surface area (Å²) in [6, 6.07) is 5.94. The Morgan fingerprint density at radius 1 is 1.24 bits per heavy atom. The first-order valence-electron chi connectivity index (χ1n) is 4.96. The van der Waals surface area contributed by atoms with E-state index < -0.39 is 11.9 Å². The number of hydrogen-bond acceptors (Lipinski definition) is 4. The summed E-state index contributed by atoms with van der Waals surface area (Å²) in [5.41, 5.74) is -0.0285. The minimum atomic E-state index is -1.37. The van der Waals surface area contributed by atoms with Crippen molar-refractivity contribution in [1.82, 2.24) is 9.55 Å². The van der Waals surface area contributed by atoms with Crippen molar-refractivity contribution < 1.29 is 14.7 Å². The van der Waals surface area contributed by atoms with E-state index in [4.69, 9.17) is 0 Å². The van der Waals surface area contributed by atoms with Gasteiger partial charge in [0.25, 0.3) is 5.91 Å². The van der Waals surface area contributed by atoms with E-state index in [2.05, 4.69) is 4.98 Å². The van der Waals surface area contributed by atoms with Crippen molar-refractivity contribution in [3.05, 3.63) is 53.6 Å². The van der Waals surface area contributed by atoms with Crippen molar-refractivity contribution in [2.45, 2.75) is 6.92 Å². The van der Waals surface area contributed by atoms with Gasteiger partial charge in [0.2, 0.25) is 0 Å². The van der Waals surface area contributed by atoms with Crippen LogP contribution in [0, 0.1) is 6.92 Å². The fourth-order valence-corrected chi connectivity index (χ4v) is 1.57. The van der Waals surface area contributed by atoms with E-state index in [9.17, 15) is 14.7 Å². The van der Waals surface area contributed by atoms with Crippen LogP contribution in [-0.2, 0) is 0 Å². The molecule has 1 heterocycles. The number of aromatic nitrogens is 2. The number of carboxylic acids is 1. The average Bonchev–Trinajstić information content (AvgIpc) is 2.74. The Morgan fingerprint density at radius 3 is 2.41 bits per heavy atom. The Bertz CT molecular complexity index is 587. The molecule has 0 aliphatic heterocycles. The highest BCUT2D eigenvalue weighted by atomic mass is 16.4. The zero-order valence-electron chi connectivity index (χ0n) is 9.08. The summed E-state index contributed by atoms with van der Waals surface area (Å²) in [7, 11) is 0. The molecule has 86 valence electrons. The number of imidazole rings is 1. The molecule has 0 aliphatic carbocycles. The normalized spacial score (nSPS) is 10.2.